The molecule has 0 amide bonds. The fourth-order valence-corrected chi connectivity index (χ4v) is 4.39. The highest BCUT2D eigenvalue weighted by atomic mass is 35.5. The summed E-state index contributed by atoms with van der Waals surface area (Å²) in [6, 6.07) is 8.98. The van der Waals surface area contributed by atoms with E-state index in [1.165, 1.54) is 26.4 Å². The number of hydrogen-bond acceptors (Lipinski definition) is 7. The predicted octanol–water partition coefficient (Wildman–Crippen LogP) is 4.39. The predicted molar refractivity (Wildman–Crippen MR) is 117 cm³/mol. The SMILES string of the molecule is COc1cccc(COC2=CC(=O)[C@@]3(Oc4c(Cl)c(OC)cc(OC)c4C3=O)[C@H](C)C2)c1. The molecule has 1 heterocycles. The first-order valence-electron chi connectivity index (χ1n) is 10.0. The largest absolute Gasteiger partial charge is 0.497 e. The Kier molecular flexibility index (Phi) is 5.77. The van der Waals surface area contributed by atoms with Gasteiger partial charge in [0.2, 0.25) is 17.2 Å². The van der Waals surface area contributed by atoms with Gasteiger partial charge in [-0.25, -0.2) is 0 Å². The average molecular weight is 459 g/mol. The Labute approximate surface area is 190 Å². The maximum absolute atomic E-state index is 13.5. The molecule has 32 heavy (non-hydrogen) atoms. The lowest BCUT2D eigenvalue weighted by atomic mass is 9.74. The van der Waals surface area contributed by atoms with Crippen LogP contribution >= 0.6 is 11.6 Å². The molecule has 1 aliphatic heterocycles. The van der Waals surface area contributed by atoms with E-state index in [-0.39, 0.29) is 28.7 Å². The molecule has 0 bridgehead atoms. The van der Waals surface area contributed by atoms with Crippen molar-refractivity contribution >= 4 is 23.2 Å². The van der Waals surface area contributed by atoms with Crippen LogP contribution in [0.3, 0.4) is 0 Å². The van der Waals surface area contributed by atoms with Gasteiger partial charge in [-0.15, -0.1) is 0 Å². The fourth-order valence-electron chi connectivity index (χ4n) is 4.13. The topological polar surface area (TPSA) is 80.3 Å². The molecule has 0 aromatic heterocycles. The van der Waals surface area contributed by atoms with Gasteiger partial charge in [-0.3, -0.25) is 9.59 Å². The number of rotatable bonds is 6. The van der Waals surface area contributed by atoms with Gasteiger partial charge in [0.15, 0.2) is 5.75 Å². The van der Waals surface area contributed by atoms with Gasteiger partial charge < -0.3 is 23.7 Å². The van der Waals surface area contributed by atoms with Gasteiger partial charge in [-0.1, -0.05) is 30.7 Å². The second kappa shape index (κ2) is 8.39. The second-order valence-electron chi connectivity index (χ2n) is 7.69. The number of Topliss-reactive ketones (excluding diaryl/α,β-unsaturated/α-hetero) is 1. The molecule has 2 aromatic carbocycles. The third kappa shape index (κ3) is 3.37. The molecule has 0 fully saturated rings. The number of allylic oxidation sites excluding steroid dienone is 1. The van der Waals surface area contributed by atoms with E-state index in [4.69, 9.17) is 35.3 Å². The molecule has 0 saturated heterocycles. The Morgan fingerprint density at radius 2 is 1.84 bits per heavy atom. The summed E-state index contributed by atoms with van der Waals surface area (Å²) in [6.45, 7) is 2.04. The van der Waals surface area contributed by atoms with Crippen molar-refractivity contribution in [3.05, 3.63) is 58.3 Å². The van der Waals surface area contributed by atoms with Crippen molar-refractivity contribution in [3.8, 4) is 23.0 Å². The van der Waals surface area contributed by atoms with E-state index < -0.39 is 23.1 Å². The number of ketones is 2. The van der Waals surface area contributed by atoms with Gasteiger partial charge in [0.25, 0.3) is 0 Å². The quantitative estimate of drug-likeness (QED) is 0.594. The lowest BCUT2D eigenvalue weighted by Crippen LogP contribution is -2.54. The van der Waals surface area contributed by atoms with E-state index >= 15 is 0 Å². The number of benzene rings is 2. The Balaban J connectivity index is 1.62. The van der Waals surface area contributed by atoms with Crippen molar-refractivity contribution in [1.29, 1.82) is 0 Å². The summed E-state index contributed by atoms with van der Waals surface area (Å²) in [5.41, 5.74) is -0.670. The first-order valence-corrected chi connectivity index (χ1v) is 10.4. The van der Waals surface area contributed by atoms with Crippen LogP contribution in [0.25, 0.3) is 0 Å². The average Bonchev–Trinajstić information content (AvgIpc) is 3.11. The van der Waals surface area contributed by atoms with Gasteiger partial charge in [0.05, 0.1) is 21.3 Å². The number of fused-ring (bicyclic) bond motifs is 1. The van der Waals surface area contributed by atoms with Crippen LogP contribution < -0.4 is 18.9 Å². The molecule has 2 aromatic rings. The van der Waals surface area contributed by atoms with Crippen molar-refractivity contribution in [3.63, 3.8) is 0 Å². The molecule has 7 nitrogen and oxygen atoms in total. The molecule has 0 N–H and O–H groups in total. The third-order valence-corrected chi connectivity index (χ3v) is 6.19. The molecule has 0 radical (unpaired) electrons. The Hall–Kier alpha value is -3.19. The van der Waals surface area contributed by atoms with Gasteiger partial charge in [0, 0.05) is 24.5 Å². The fraction of sp³-hybridized carbons (Fsp3) is 0.333. The van der Waals surface area contributed by atoms with Crippen LogP contribution in [0.2, 0.25) is 5.02 Å². The minimum atomic E-state index is -1.71. The zero-order chi connectivity index (χ0) is 23.0. The highest BCUT2D eigenvalue weighted by Gasteiger charge is 2.60. The summed E-state index contributed by atoms with van der Waals surface area (Å²) < 4.78 is 27.7. The second-order valence-corrected chi connectivity index (χ2v) is 8.06. The summed E-state index contributed by atoms with van der Waals surface area (Å²) in [7, 11) is 4.47. The smallest absolute Gasteiger partial charge is 0.236 e. The zero-order valence-corrected chi connectivity index (χ0v) is 18.9. The van der Waals surface area contributed by atoms with Gasteiger partial charge >= 0.3 is 0 Å². The van der Waals surface area contributed by atoms with E-state index in [9.17, 15) is 9.59 Å². The van der Waals surface area contributed by atoms with Gasteiger partial charge in [-0.05, 0) is 17.7 Å². The number of carbonyl (C=O) groups is 2. The highest BCUT2D eigenvalue weighted by molar-refractivity contribution is 6.36. The summed E-state index contributed by atoms with van der Waals surface area (Å²) >= 11 is 6.40. The molecule has 0 unspecified atom stereocenters. The molecular formula is C24H23ClO7. The first-order chi connectivity index (χ1) is 15.3. The van der Waals surface area contributed by atoms with Gasteiger partial charge in [0.1, 0.15) is 40.2 Å². The standard InChI is InChI=1S/C24H23ClO7/c1-13-8-16(31-12-14-6-5-7-15(9-14)28-2)10-19(26)24(13)23(27)20-17(29-3)11-18(30-4)21(25)22(20)32-24/h5-7,9-11,13H,8,12H2,1-4H3/t13-,24+/m1/s1. The van der Waals surface area contributed by atoms with E-state index in [1.54, 1.807) is 14.0 Å². The van der Waals surface area contributed by atoms with Crippen LogP contribution in [0.4, 0.5) is 0 Å². The first kappa shape index (κ1) is 22.0. The number of methoxy groups -OCH3 is 3. The van der Waals surface area contributed by atoms with E-state index in [0.717, 1.165) is 11.3 Å². The van der Waals surface area contributed by atoms with Crippen molar-refractivity contribution in [2.24, 2.45) is 5.92 Å². The number of halogens is 1. The minimum Gasteiger partial charge on any atom is -0.497 e. The Morgan fingerprint density at radius 3 is 2.50 bits per heavy atom. The van der Waals surface area contributed by atoms with Crippen LogP contribution in [-0.2, 0) is 16.1 Å². The number of hydrogen-bond donors (Lipinski definition) is 0. The minimum absolute atomic E-state index is 0.0993. The molecule has 2 atom stereocenters. The van der Waals surface area contributed by atoms with E-state index in [1.807, 2.05) is 24.3 Å². The zero-order valence-electron chi connectivity index (χ0n) is 18.2. The lowest BCUT2D eigenvalue weighted by molar-refractivity contribution is -0.130. The molecule has 0 saturated carbocycles. The summed E-state index contributed by atoms with van der Waals surface area (Å²) in [6.07, 6.45) is 1.67. The Bertz CT molecular complexity index is 1120. The van der Waals surface area contributed by atoms with E-state index in [2.05, 4.69) is 0 Å². The Morgan fingerprint density at radius 1 is 1.09 bits per heavy atom. The van der Waals surface area contributed by atoms with Crippen LogP contribution in [0.1, 0.15) is 29.3 Å². The maximum Gasteiger partial charge on any atom is 0.236 e. The normalized spacial score (nSPS) is 21.7. The number of carbonyl (C=O) groups excluding carboxylic acids is 2. The molecule has 2 aliphatic rings. The molecule has 8 heteroatoms. The van der Waals surface area contributed by atoms with Crippen molar-refractivity contribution < 1.29 is 33.3 Å². The third-order valence-electron chi connectivity index (χ3n) is 5.84. The summed E-state index contributed by atoms with van der Waals surface area (Å²) in [4.78, 5) is 26.7. The number of ether oxygens (including phenoxy) is 5. The van der Waals surface area contributed by atoms with Crippen molar-refractivity contribution in [2.75, 3.05) is 21.3 Å². The van der Waals surface area contributed by atoms with Crippen molar-refractivity contribution in [2.45, 2.75) is 25.6 Å². The maximum atomic E-state index is 13.5. The van der Waals surface area contributed by atoms with Crippen LogP contribution in [0, 0.1) is 5.92 Å². The van der Waals surface area contributed by atoms with Crippen LogP contribution in [-0.4, -0.2) is 38.5 Å². The van der Waals surface area contributed by atoms with E-state index in [0.29, 0.717) is 17.9 Å². The highest BCUT2D eigenvalue weighted by Crippen LogP contribution is 2.53. The molecule has 168 valence electrons. The monoisotopic (exact) mass is 458 g/mol. The van der Waals surface area contributed by atoms with Crippen LogP contribution in [0.5, 0.6) is 23.0 Å². The van der Waals surface area contributed by atoms with Crippen LogP contribution in [0.15, 0.2) is 42.2 Å². The molecule has 1 spiro atoms. The lowest BCUT2D eigenvalue weighted by Gasteiger charge is -2.34. The summed E-state index contributed by atoms with van der Waals surface area (Å²) in [5, 5.41) is 0.123. The molecular weight excluding hydrogens is 436 g/mol. The molecule has 4 rings (SSSR count). The summed E-state index contributed by atoms with van der Waals surface area (Å²) in [5.74, 6) is 0.377. The van der Waals surface area contributed by atoms with Gasteiger partial charge in [-0.2, -0.15) is 0 Å². The van der Waals surface area contributed by atoms with Crippen molar-refractivity contribution in [1.82, 2.24) is 0 Å². The molecule has 1 aliphatic carbocycles.